The van der Waals surface area contributed by atoms with Gasteiger partial charge in [0.15, 0.2) is 0 Å². The largest absolute Gasteiger partial charge is 0.494 e. The lowest BCUT2D eigenvalue weighted by atomic mass is 10.0. The minimum Gasteiger partial charge on any atom is -0.494 e. The first-order valence-electron chi connectivity index (χ1n) is 14.0. The summed E-state index contributed by atoms with van der Waals surface area (Å²) in [6.07, 6.45) is 2.28. The topological polar surface area (TPSA) is 74.8 Å². The SMILES string of the molecule is CC1COCCN1C(=O)ON1C(=O)CCc2ccc(OCCCCN3CCN(c4cccc(Cl)c4Cl)CC3)cc21. The van der Waals surface area contributed by atoms with Gasteiger partial charge in [0.1, 0.15) is 5.75 Å². The van der Waals surface area contributed by atoms with E-state index in [1.165, 1.54) is 0 Å². The zero-order chi connectivity index (χ0) is 28.1. The molecule has 0 spiro atoms. The third kappa shape index (κ3) is 6.77. The number of hydrogen-bond acceptors (Lipinski definition) is 7. The van der Waals surface area contributed by atoms with Crippen molar-refractivity contribution in [2.45, 2.75) is 38.6 Å². The standard InChI is InChI=1S/C29H36Cl2N4O5/c1-21-20-38-18-16-34(21)29(37)40-35-26-19-23(9-7-22(26)8-10-27(35)36)39-17-3-2-11-32-12-14-33(15-13-32)25-6-4-5-24(30)28(25)31/h4-7,9,19,21H,2-3,8,10-18,20H2,1H3. The molecular formula is C29H36Cl2N4O5. The summed E-state index contributed by atoms with van der Waals surface area (Å²) < 4.78 is 11.4. The van der Waals surface area contributed by atoms with Gasteiger partial charge in [0.25, 0.3) is 5.91 Å². The summed E-state index contributed by atoms with van der Waals surface area (Å²) in [5.41, 5.74) is 2.52. The van der Waals surface area contributed by atoms with Crippen molar-refractivity contribution in [1.82, 2.24) is 9.80 Å². The molecule has 2 aromatic carbocycles. The van der Waals surface area contributed by atoms with E-state index < -0.39 is 6.09 Å². The molecule has 0 aromatic heterocycles. The number of aryl methyl sites for hydroxylation is 1. The van der Waals surface area contributed by atoms with Crippen LogP contribution in [0.5, 0.6) is 5.75 Å². The Labute approximate surface area is 245 Å². The molecule has 0 radical (unpaired) electrons. The van der Waals surface area contributed by atoms with Crippen molar-refractivity contribution in [3.8, 4) is 5.75 Å². The molecule has 2 saturated heterocycles. The van der Waals surface area contributed by atoms with Crippen LogP contribution in [-0.2, 0) is 20.8 Å². The van der Waals surface area contributed by atoms with E-state index in [1.807, 2.05) is 37.3 Å². The van der Waals surface area contributed by atoms with Crippen molar-refractivity contribution in [1.29, 1.82) is 0 Å². The quantitative estimate of drug-likeness (QED) is 0.399. The van der Waals surface area contributed by atoms with Crippen LogP contribution >= 0.6 is 23.2 Å². The Morgan fingerprint density at radius 3 is 2.65 bits per heavy atom. The van der Waals surface area contributed by atoms with Gasteiger partial charge in [-0.15, -0.1) is 5.06 Å². The molecule has 0 saturated carbocycles. The van der Waals surface area contributed by atoms with Crippen molar-refractivity contribution >= 4 is 46.6 Å². The van der Waals surface area contributed by atoms with Gasteiger partial charge < -0.3 is 19.2 Å². The first-order valence-corrected chi connectivity index (χ1v) is 14.7. The van der Waals surface area contributed by atoms with Gasteiger partial charge in [-0.3, -0.25) is 14.6 Å². The number of morpholine rings is 1. The average molecular weight is 592 g/mol. The normalized spacial score (nSPS) is 19.9. The fourth-order valence-electron chi connectivity index (χ4n) is 5.32. The first kappa shape index (κ1) is 28.8. The van der Waals surface area contributed by atoms with Crippen LogP contribution in [0.3, 0.4) is 0 Å². The molecule has 1 unspecified atom stereocenters. The highest BCUT2D eigenvalue weighted by Crippen LogP contribution is 2.34. The maximum Gasteiger partial charge on any atom is 0.435 e. The predicted octanol–water partition coefficient (Wildman–Crippen LogP) is 5.03. The van der Waals surface area contributed by atoms with E-state index in [4.69, 9.17) is 37.5 Å². The van der Waals surface area contributed by atoms with E-state index in [1.54, 1.807) is 11.0 Å². The average Bonchev–Trinajstić information content (AvgIpc) is 2.96. The van der Waals surface area contributed by atoms with Gasteiger partial charge in [0.2, 0.25) is 0 Å². The van der Waals surface area contributed by atoms with E-state index in [-0.39, 0.29) is 11.9 Å². The molecule has 3 aliphatic heterocycles. The van der Waals surface area contributed by atoms with Crippen LogP contribution in [0.25, 0.3) is 0 Å². The predicted molar refractivity (Wildman–Crippen MR) is 156 cm³/mol. The van der Waals surface area contributed by atoms with Crippen LogP contribution in [0.4, 0.5) is 16.2 Å². The molecule has 40 heavy (non-hydrogen) atoms. The lowest BCUT2D eigenvalue weighted by Crippen LogP contribution is -2.50. The highest BCUT2D eigenvalue weighted by Gasteiger charge is 2.32. The van der Waals surface area contributed by atoms with Crippen molar-refractivity contribution in [2.75, 3.05) is 69.1 Å². The minimum atomic E-state index is -0.542. The number of carbonyl (C=O) groups excluding carboxylic acids is 2. The Morgan fingerprint density at radius 1 is 1.02 bits per heavy atom. The molecule has 2 amide bonds. The number of carbonyl (C=O) groups is 2. The summed E-state index contributed by atoms with van der Waals surface area (Å²) in [5.74, 6) is 0.415. The second-order valence-corrected chi connectivity index (χ2v) is 11.2. The summed E-state index contributed by atoms with van der Waals surface area (Å²) in [5, 5.41) is 2.34. The van der Waals surface area contributed by atoms with Gasteiger partial charge in [-0.2, -0.15) is 0 Å². The lowest BCUT2D eigenvalue weighted by molar-refractivity contribution is -0.125. The smallest absolute Gasteiger partial charge is 0.435 e. The molecule has 9 nitrogen and oxygen atoms in total. The van der Waals surface area contributed by atoms with E-state index in [0.717, 1.165) is 61.9 Å². The number of hydrogen-bond donors (Lipinski definition) is 0. The summed E-state index contributed by atoms with van der Waals surface area (Å²) in [6, 6.07) is 11.3. The number of rotatable bonds is 8. The summed E-state index contributed by atoms with van der Waals surface area (Å²) >= 11 is 12.6. The van der Waals surface area contributed by atoms with Gasteiger partial charge in [0.05, 0.1) is 47.3 Å². The number of hydroxylamine groups is 1. The monoisotopic (exact) mass is 590 g/mol. The molecule has 216 valence electrons. The molecule has 2 fully saturated rings. The van der Waals surface area contributed by atoms with Crippen LogP contribution in [0.1, 0.15) is 31.7 Å². The van der Waals surface area contributed by atoms with Crippen LogP contribution in [0.2, 0.25) is 10.0 Å². The van der Waals surface area contributed by atoms with E-state index >= 15 is 0 Å². The number of piperazine rings is 1. The molecule has 5 rings (SSSR count). The first-order chi connectivity index (χ1) is 19.4. The molecule has 2 aromatic rings. The van der Waals surface area contributed by atoms with Crippen LogP contribution < -0.4 is 14.7 Å². The molecule has 11 heteroatoms. The number of unbranched alkanes of at least 4 members (excludes halogenated alkanes) is 1. The Bertz CT molecular complexity index is 1210. The molecule has 0 bridgehead atoms. The fourth-order valence-corrected chi connectivity index (χ4v) is 5.73. The summed E-state index contributed by atoms with van der Waals surface area (Å²) in [7, 11) is 0. The Morgan fingerprint density at radius 2 is 1.85 bits per heavy atom. The third-order valence-electron chi connectivity index (χ3n) is 7.66. The van der Waals surface area contributed by atoms with Crippen molar-refractivity contribution in [3.63, 3.8) is 0 Å². The number of anilines is 2. The van der Waals surface area contributed by atoms with Gasteiger partial charge in [-0.05, 0) is 56.5 Å². The maximum atomic E-state index is 12.8. The Kier molecular flexibility index (Phi) is 9.57. The highest BCUT2D eigenvalue weighted by atomic mass is 35.5. The third-order valence-corrected chi connectivity index (χ3v) is 8.47. The molecular weight excluding hydrogens is 555 g/mol. The number of nitrogens with zero attached hydrogens (tertiary/aromatic N) is 4. The molecule has 3 heterocycles. The minimum absolute atomic E-state index is 0.111. The number of ether oxygens (including phenoxy) is 2. The van der Waals surface area contributed by atoms with Gasteiger partial charge in [-0.1, -0.05) is 35.3 Å². The van der Waals surface area contributed by atoms with Gasteiger partial charge >= 0.3 is 6.09 Å². The highest BCUT2D eigenvalue weighted by molar-refractivity contribution is 6.43. The zero-order valence-corrected chi connectivity index (χ0v) is 24.3. The van der Waals surface area contributed by atoms with Crippen LogP contribution in [0, 0.1) is 0 Å². The maximum absolute atomic E-state index is 12.8. The van der Waals surface area contributed by atoms with Crippen molar-refractivity contribution in [2.24, 2.45) is 0 Å². The number of amides is 2. The Balaban J connectivity index is 1.08. The second kappa shape index (κ2) is 13.3. The molecule has 0 aliphatic carbocycles. The molecule has 1 atom stereocenters. The molecule has 0 N–H and O–H groups in total. The van der Waals surface area contributed by atoms with Crippen LogP contribution in [0.15, 0.2) is 36.4 Å². The summed E-state index contributed by atoms with van der Waals surface area (Å²) in [4.78, 5) is 37.4. The van der Waals surface area contributed by atoms with E-state index in [0.29, 0.717) is 60.7 Å². The van der Waals surface area contributed by atoms with Gasteiger partial charge in [-0.25, -0.2) is 4.79 Å². The molecule has 3 aliphatic rings. The number of halogens is 2. The summed E-state index contributed by atoms with van der Waals surface area (Å²) in [6.45, 7) is 8.58. The zero-order valence-electron chi connectivity index (χ0n) is 22.8. The number of benzene rings is 2. The van der Waals surface area contributed by atoms with E-state index in [2.05, 4.69) is 9.80 Å². The van der Waals surface area contributed by atoms with Gasteiger partial charge in [0, 0.05) is 45.2 Å². The van der Waals surface area contributed by atoms with E-state index in [9.17, 15) is 9.59 Å². The number of fused-ring (bicyclic) bond motifs is 1. The lowest BCUT2D eigenvalue weighted by Gasteiger charge is -2.36. The second-order valence-electron chi connectivity index (χ2n) is 10.4. The van der Waals surface area contributed by atoms with Crippen LogP contribution in [-0.4, -0.2) is 86.9 Å². The Hall–Kier alpha value is -2.72. The van der Waals surface area contributed by atoms with Crippen molar-refractivity contribution in [3.05, 3.63) is 52.0 Å². The van der Waals surface area contributed by atoms with Crippen molar-refractivity contribution < 1.29 is 23.9 Å². The fraction of sp³-hybridized carbons (Fsp3) is 0.517.